The molecule has 1 aromatic carbocycles. The smallest absolute Gasteiger partial charge is 0.407 e. The third-order valence-electron chi connectivity index (χ3n) is 6.35. The summed E-state index contributed by atoms with van der Waals surface area (Å²) in [7, 11) is 0. The Bertz CT molecular complexity index is 1220. The molecular formula is C24H29F2N3O5. The van der Waals surface area contributed by atoms with Crippen molar-refractivity contribution in [2.75, 3.05) is 18.0 Å². The minimum atomic E-state index is -1.43. The van der Waals surface area contributed by atoms with E-state index in [0.717, 1.165) is 25.1 Å². The summed E-state index contributed by atoms with van der Waals surface area (Å²) in [5.74, 6) is -3.29. The number of carbonyl (C=O) groups is 2. The van der Waals surface area contributed by atoms with Gasteiger partial charge in [-0.2, -0.15) is 0 Å². The number of alkyl carbamates (subject to hydrolysis) is 1. The molecule has 2 aliphatic rings. The maximum Gasteiger partial charge on any atom is 0.407 e. The Kier molecular flexibility index (Phi) is 6.03. The zero-order chi connectivity index (χ0) is 24.9. The normalized spacial score (nSPS) is 19.4. The van der Waals surface area contributed by atoms with Crippen LogP contribution in [0.25, 0.3) is 10.9 Å². The summed E-state index contributed by atoms with van der Waals surface area (Å²) < 4.78 is 37.7. The van der Waals surface area contributed by atoms with Crippen LogP contribution in [0.5, 0.6) is 0 Å². The number of carbonyl (C=O) groups excluding carboxylic acids is 1. The van der Waals surface area contributed by atoms with E-state index in [9.17, 15) is 19.5 Å². The van der Waals surface area contributed by atoms with E-state index in [-0.39, 0.29) is 34.6 Å². The number of halogens is 2. The van der Waals surface area contributed by atoms with Gasteiger partial charge in [-0.05, 0) is 58.9 Å². The number of hydrogen-bond donors (Lipinski definition) is 2. The highest BCUT2D eigenvalue weighted by molar-refractivity contribution is 5.94. The van der Waals surface area contributed by atoms with E-state index in [1.54, 1.807) is 25.7 Å². The molecule has 0 radical (unpaired) electrons. The summed E-state index contributed by atoms with van der Waals surface area (Å²) >= 11 is 0. The van der Waals surface area contributed by atoms with Crippen molar-refractivity contribution in [3.8, 4) is 0 Å². The number of nitrogens with one attached hydrogen (secondary N) is 1. The highest BCUT2D eigenvalue weighted by atomic mass is 19.1. The van der Waals surface area contributed by atoms with Crippen molar-refractivity contribution in [3.63, 3.8) is 0 Å². The molecule has 2 N–H and O–H groups in total. The van der Waals surface area contributed by atoms with Gasteiger partial charge in [0.25, 0.3) is 0 Å². The Labute approximate surface area is 195 Å². The quantitative estimate of drug-likeness (QED) is 0.674. The Balaban J connectivity index is 1.65. The van der Waals surface area contributed by atoms with Crippen molar-refractivity contribution in [1.29, 1.82) is 0 Å². The van der Waals surface area contributed by atoms with Crippen molar-refractivity contribution in [2.24, 2.45) is 5.92 Å². The molecule has 0 unspecified atom stereocenters. The number of nitrogens with zero attached hydrogens (tertiary/aromatic N) is 2. The third kappa shape index (κ3) is 4.58. The first-order valence-corrected chi connectivity index (χ1v) is 11.4. The average Bonchev–Trinajstić information content (AvgIpc) is 3.44. The number of ether oxygens (including phenoxy) is 1. The molecule has 184 valence electrons. The lowest BCUT2D eigenvalue weighted by atomic mass is 10.0. The number of aromatic carboxylic acids is 1. The van der Waals surface area contributed by atoms with Gasteiger partial charge in [0, 0.05) is 31.4 Å². The molecule has 2 heterocycles. The van der Waals surface area contributed by atoms with E-state index in [4.69, 9.17) is 4.74 Å². The number of amides is 1. The maximum absolute atomic E-state index is 15.8. The van der Waals surface area contributed by atoms with Gasteiger partial charge in [-0.25, -0.2) is 18.4 Å². The first-order chi connectivity index (χ1) is 15.9. The highest BCUT2D eigenvalue weighted by Crippen LogP contribution is 2.40. The van der Waals surface area contributed by atoms with Gasteiger partial charge in [-0.3, -0.25) is 4.79 Å². The highest BCUT2D eigenvalue weighted by Gasteiger charge is 2.35. The Morgan fingerprint density at radius 2 is 1.91 bits per heavy atom. The van der Waals surface area contributed by atoms with Crippen LogP contribution in [0.3, 0.4) is 0 Å². The number of anilines is 1. The minimum Gasteiger partial charge on any atom is -0.477 e. The topological polar surface area (TPSA) is 101 Å². The van der Waals surface area contributed by atoms with Crippen molar-refractivity contribution >= 4 is 28.7 Å². The van der Waals surface area contributed by atoms with Gasteiger partial charge in [-0.1, -0.05) is 0 Å². The predicted molar refractivity (Wildman–Crippen MR) is 123 cm³/mol. The monoisotopic (exact) mass is 477 g/mol. The lowest BCUT2D eigenvalue weighted by molar-refractivity contribution is 0.0494. The number of aromatic nitrogens is 1. The SMILES string of the molecule is C[C@H](NC(=O)OC(C)(C)C)[C@@H]1CCN(c2c(F)cc3c(=O)c(C(=O)O)cn(C4CC4)c3c2F)C1. The third-order valence-corrected chi connectivity index (χ3v) is 6.35. The summed E-state index contributed by atoms with van der Waals surface area (Å²) in [5.41, 5.74) is -2.36. The lowest BCUT2D eigenvalue weighted by Gasteiger charge is -2.26. The molecule has 0 bridgehead atoms. The van der Waals surface area contributed by atoms with Crippen LogP contribution in [0, 0.1) is 17.6 Å². The molecule has 1 aliphatic heterocycles. The fourth-order valence-electron chi connectivity index (χ4n) is 4.52. The van der Waals surface area contributed by atoms with Crippen molar-refractivity contribution in [1.82, 2.24) is 9.88 Å². The second kappa shape index (κ2) is 8.56. The molecule has 1 amide bonds. The molecule has 4 rings (SSSR count). The molecule has 34 heavy (non-hydrogen) atoms. The average molecular weight is 478 g/mol. The van der Waals surface area contributed by atoms with Crippen LogP contribution in [0.2, 0.25) is 0 Å². The van der Waals surface area contributed by atoms with E-state index < -0.39 is 40.3 Å². The molecule has 2 fully saturated rings. The summed E-state index contributed by atoms with van der Waals surface area (Å²) in [6, 6.07) is 0.532. The molecule has 2 atom stereocenters. The fourth-order valence-corrected chi connectivity index (χ4v) is 4.52. The van der Waals surface area contributed by atoms with Gasteiger partial charge in [0.1, 0.15) is 22.7 Å². The van der Waals surface area contributed by atoms with E-state index in [0.29, 0.717) is 19.5 Å². The number of benzene rings is 1. The largest absolute Gasteiger partial charge is 0.477 e. The molecule has 1 saturated carbocycles. The van der Waals surface area contributed by atoms with Crippen molar-refractivity contribution < 1.29 is 28.2 Å². The summed E-state index contributed by atoms with van der Waals surface area (Å²) in [6.07, 6.45) is 2.66. The summed E-state index contributed by atoms with van der Waals surface area (Å²) in [5, 5.41) is 11.9. The van der Waals surface area contributed by atoms with Crippen LogP contribution in [0.15, 0.2) is 17.1 Å². The predicted octanol–water partition coefficient (Wildman–Crippen LogP) is 4.05. The molecule has 10 heteroatoms. The van der Waals surface area contributed by atoms with Crippen LogP contribution in [0.4, 0.5) is 19.3 Å². The van der Waals surface area contributed by atoms with Crippen LogP contribution in [0.1, 0.15) is 63.4 Å². The zero-order valence-corrected chi connectivity index (χ0v) is 19.7. The molecule has 1 saturated heterocycles. The standard InChI is InChI=1S/C24H29F2N3O5/c1-12(27-23(33)34-24(2,3)4)13-7-8-28(10-13)20-17(25)9-15-19(18(20)26)29(14-5-6-14)11-16(21(15)30)22(31)32/h9,11-14H,5-8,10H2,1-4H3,(H,27,33)(H,31,32)/t12-,13+/m0/s1. The van der Waals surface area contributed by atoms with Gasteiger partial charge >= 0.3 is 12.1 Å². The van der Waals surface area contributed by atoms with Gasteiger partial charge in [0.2, 0.25) is 5.43 Å². The van der Waals surface area contributed by atoms with Crippen LogP contribution < -0.4 is 15.6 Å². The van der Waals surface area contributed by atoms with E-state index in [1.807, 2.05) is 6.92 Å². The maximum atomic E-state index is 15.8. The molecule has 8 nitrogen and oxygen atoms in total. The molecule has 0 spiro atoms. The second-order valence-electron chi connectivity index (χ2n) is 10.2. The van der Waals surface area contributed by atoms with Crippen molar-refractivity contribution in [3.05, 3.63) is 39.7 Å². The van der Waals surface area contributed by atoms with E-state index in [2.05, 4.69) is 5.32 Å². The fraction of sp³-hybridized carbons (Fsp3) is 0.542. The van der Waals surface area contributed by atoms with Crippen LogP contribution >= 0.6 is 0 Å². The number of pyridine rings is 1. The Hall–Kier alpha value is -3.17. The number of fused-ring (bicyclic) bond motifs is 1. The molecule has 1 aromatic heterocycles. The number of rotatable bonds is 5. The van der Waals surface area contributed by atoms with Crippen LogP contribution in [-0.2, 0) is 4.74 Å². The number of carboxylic acid groups (broad SMARTS) is 1. The first-order valence-electron chi connectivity index (χ1n) is 11.4. The van der Waals surface area contributed by atoms with Crippen molar-refractivity contribution in [2.45, 2.75) is 64.6 Å². The Morgan fingerprint density at radius 1 is 1.24 bits per heavy atom. The number of hydrogen-bond acceptors (Lipinski definition) is 5. The first kappa shape index (κ1) is 24.0. The van der Waals surface area contributed by atoms with Crippen LogP contribution in [-0.4, -0.2) is 46.5 Å². The summed E-state index contributed by atoms with van der Waals surface area (Å²) in [6.45, 7) is 7.78. The second-order valence-corrected chi connectivity index (χ2v) is 10.2. The van der Waals surface area contributed by atoms with Gasteiger partial charge < -0.3 is 24.6 Å². The van der Waals surface area contributed by atoms with E-state index >= 15 is 8.78 Å². The van der Waals surface area contributed by atoms with Gasteiger partial charge in [0.05, 0.1) is 10.9 Å². The zero-order valence-electron chi connectivity index (χ0n) is 19.7. The summed E-state index contributed by atoms with van der Waals surface area (Å²) in [4.78, 5) is 37.8. The molecule has 2 aromatic rings. The molecule has 1 aliphatic carbocycles. The molecular weight excluding hydrogens is 448 g/mol. The number of carboxylic acids is 1. The lowest BCUT2D eigenvalue weighted by Crippen LogP contribution is -2.42. The van der Waals surface area contributed by atoms with Gasteiger partial charge in [0.15, 0.2) is 5.82 Å². The van der Waals surface area contributed by atoms with E-state index in [1.165, 1.54) is 4.57 Å². The Morgan fingerprint density at radius 3 is 2.50 bits per heavy atom. The minimum absolute atomic E-state index is 0.0676. The van der Waals surface area contributed by atoms with Gasteiger partial charge in [-0.15, -0.1) is 0 Å².